The smallest absolute Gasteiger partial charge is 0.338 e. The van der Waals surface area contributed by atoms with Crippen LogP contribution in [0.5, 0.6) is 0 Å². The van der Waals surface area contributed by atoms with Gasteiger partial charge in [0.2, 0.25) is 0 Å². The van der Waals surface area contributed by atoms with E-state index in [1.165, 1.54) is 43.5 Å². The van der Waals surface area contributed by atoms with Gasteiger partial charge in [-0.3, -0.25) is 10.1 Å². The Bertz CT molecular complexity index is 513. The Balaban J connectivity index is 1.60. The van der Waals surface area contributed by atoms with Gasteiger partial charge in [-0.1, -0.05) is 19.3 Å². The predicted octanol–water partition coefficient (Wildman–Crippen LogP) is 3.33. The summed E-state index contributed by atoms with van der Waals surface area (Å²) in [6, 6.07) is 5.58. The summed E-state index contributed by atoms with van der Waals surface area (Å²) in [7, 11) is 0. The van der Waals surface area contributed by atoms with Gasteiger partial charge in [-0.05, 0) is 36.8 Å². The highest BCUT2D eigenvalue weighted by Crippen LogP contribution is 2.45. The maximum atomic E-state index is 12.0. The SMILES string of the molecule is O=C(O[C@@H]1C[C@H]2CCC[C@H]2C1)c1ccc([N+](=O)[O-])cc1. The van der Waals surface area contributed by atoms with Crippen LogP contribution in [-0.4, -0.2) is 17.0 Å². The molecular weight excluding hydrogens is 258 g/mol. The lowest BCUT2D eigenvalue weighted by molar-refractivity contribution is -0.384. The molecule has 2 aliphatic carbocycles. The Morgan fingerprint density at radius 3 is 2.30 bits per heavy atom. The highest BCUT2D eigenvalue weighted by molar-refractivity contribution is 5.89. The Morgan fingerprint density at radius 1 is 1.15 bits per heavy atom. The monoisotopic (exact) mass is 275 g/mol. The Labute approximate surface area is 117 Å². The minimum absolute atomic E-state index is 0.0167. The number of hydrogen-bond donors (Lipinski definition) is 0. The van der Waals surface area contributed by atoms with Crippen molar-refractivity contribution in [2.75, 3.05) is 0 Å². The van der Waals surface area contributed by atoms with E-state index in [-0.39, 0.29) is 17.8 Å². The van der Waals surface area contributed by atoms with Crippen LogP contribution in [0.15, 0.2) is 24.3 Å². The summed E-state index contributed by atoms with van der Waals surface area (Å²) in [5.74, 6) is 1.08. The van der Waals surface area contributed by atoms with Gasteiger partial charge in [0.15, 0.2) is 0 Å². The number of carbonyl (C=O) groups is 1. The molecule has 0 saturated heterocycles. The van der Waals surface area contributed by atoms with Gasteiger partial charge in [0.05, 0.1) is 10.5 Å². The molecule has 20 heavy (non-hydrogen) atoms. The van der Waals surface area contributed by atoms with Gasteiger partial charge in [0.25, 0.3) is 5.69 Å². The topological polar surface area (TPSA) is 69.4 Å². The fourth-order valence-electron chi connectivity index (χ4n) is 3.54. The molecule has 3 atom stereocenters. The molecule has 106 valence electrons. The molecule has 1 aromatic carbocycles. The van der Waals surface area contributed by atoms with Crippen molar-refractivity contribution in [1.82, 2.24) is 0 Å². The van der Waals surface area contributed by atoms with Crippen molar-refractivity contribution in [3.8, 4) is 0 Å². The van der Waals surface area contributed by atoms with Crippen molar-refractivity contribution in [2.24, 2.45) is 11.8 Å². The normalized spacial score (nSPS) is 28.1. The van der Waals surface area contributed by atoms with Gasteiger partial charge in [0.1, 0.15) is 6.10 Å². The largest absolute Gasteiger partial charge is 0.459 e. The number of carbonyl (C=O) groups excluding carboxylic acids is 1. The third-order valence-corrected chi connectivity index (χ3v) is 4.54. The molecule has 5 heteroatoms. The van der Waals surface area contributed by atoms with E-state index in [1.807, 2.05) is 0 Å². The second-order valence-electron chi connectivity index (χ2n) is 5.75. The number of non-ortho nitro benzene ring substituents is 1. The van der Waals surface area contributed by atoms with Crippen LogP contribution in [0.25, 0.3) is 0 Å². The maximum absolute atomic E-state index is 12.0. The molecule has 0 spiro atoms. The molecule has 1 aromatic rings. The molecule has 0 N–H and O–H groups in total. The quantitative estimate of drug-likeness (QED) is 0.482. The van der Waals surface area contributed by atoms with Gasteiger partial charge < -0.3 is 4.74 Å². The molecule has 0 radical (unpaired) electrons. The van der Waals surface area contributed by atoms with Crippen molar-refractivity contribution in [3.05, 3.63) is 39.9 Å². The van der Waals surface area contributed by atoms with Crippen molar-refractivity contribution in [1.29, 1.82) is 0 Å². The summed E-state index contributed by atoms with van der Waals surface area (Å²) in [6.07, 6.45) is 5.80. The fourth-order valence-corrected chi connectivity index (χ4v) is 3.54. The predicted molar refractivity (Wildman–Crippen MR) is 72.4 cm³/mol. The lowest BCUT2D eigenvalue weighted by Crippen LogP contribution is -2.16. The molecule has 2 fully saturated rings. The first-order chi connectivity index (χ1) is 9.63. The van der Waals surface area contributed by atoms with Crippen LogP contribution in [0.3, 0.4) is 0 Å². The van der Waals surface area contributed by atoms with Crippen molar-refractivity contribution >= 4 is 11.7 Å². The number of nitro groups is 1. The molecular formula is C15H17NO4. The number of hydrogen-bond acceptors (Lipinski definition) is 4. The summed E-state index contributed by atoms with van der Waals surface area (Å²) in [5.41, 5.74) is 0.365. The van der Waals surface area contributed by atoms with Gasteiger partial charge in [-0.25, -0.2) is 4.79 Å². The van der Waals surface area contributed by atoms with Crippen molar-refractivity contribution in [2.45, 2.75) is 38.2 Å². The summed E-state index contributed by atoms with van der Waals surface area (Å²) >= 11 is 0. The van der Waals surface area contributed by atoms with Crippen LogP contribution in [-0.2, 0) is 4.74 Å². The van der Waals surface area contributed by atoms with Crippen LogP contribution in [0.2, 0.25) is 0 Å². The molecule has 0 bridgehead atoms. The number of fused-ring (bicyclic) bond motifs is 1. The number of esters is 1. The third-order valence-electron chi connectivity index (χ3n) is 4.54. The minimum Gasteiger partial charge on any atom is -0.459 e. The van der Waals surface area contributed by atoms with Crippen molar-refractivity contribution in [3.63, 3.8) is 0 Å². The molecule has 0 heterocycles. The Hall–Kier alpha value is -1.91. The Kier molecular flexibility index (Phi) is 3.42. The summed E-state index contributed by atoms with van der Waals surface area (Å²) in [4.78, 5) is 22.1. The molecule has 0 aromatic heterocycles. The molecule has 3 rings (SSSR count). The van der Waals surface area contributed by atoms with Crippen LogP contribution in [0, 0.1) is 22.0 Å². The lowest BCUT2D eigenvalue weighted by Gasteiger charge is -2.12. The minimum atomic E-state index is -0.479. The van der Waals surface area contributed by atoms with Crippen LogP contribution < -0.4 is 0 Å². The van der Waals surface area contributed by atoms with E-state index in [0.717, 1.165) is 24.7 Å². The number of ether oxygens (including phenoxy) is 1. The summed E-state index contributed by atoms with van der Waals surface area (Å²) < 4.78 is 5.53. The number of nitrogens with zero attached hydrogens (tertiary/aromatic N) is 1. The fraction of sp³-hybridized carbons (Fsp3) is 0.533. The lowest BCUT2D eigenvalue weighted by atomic mass is 10.0. The zero-order valence-corrected chi connectivity index (χ0v) is 11.2. The molecule has 0 amide bonds. The standard InChI is InChI=1S/C15H17NO4/c17-15(10-4-6-13(7-5-10)16(18)19)20-14-8-11-2-1-3-12(11)9-14/h4-7,11-12,14H,1-3,8-9H2/t11-,12+,14-. The van der Waals surface area contributed by atoms with Crippen LogP contribution >= 0.6 is 0 Å². The average molecular weight is 275 g/mol. The number of benzene rings is 1. The maximum Gasteiger partial charge on any atom is 0.338 e. The summed E-state index contributed by atoms with van der Waals surface area (Å²) in [5, 5.41) is 10.6. The third kappa shape index (κ3) is 2.53. The molecule has 5 nitrogen and oxygen atoms in total. The van der Waals surface area contributed by atoms with E-state index in [9.17, 15) is 14.9 Å². The van der Waals surface area contributed by atoms with E-state index >= 15 is 0 Å². The van der Waals surface area contributed by atoms with E-state index in [2.05, 4.69) is 0 Å². The second kappa shape index (κ2) is 5.23. The zero-order valence-electron chi connectivity index (χ0n) is 11.2. The highest BCUT2D eigenvalue weighted by Gasteiger charge is 2.39. The first kappa shape index (κ1) is 13.1. The van der Waals surface area contributed by atoms with Gasteiger partial charge in [-0.15, -0.1) is 0 Å². The molecule has 2 aliphatic rings. The van der Waals surface area contributed by atoms with E-state index < -0.39 is 4.92 Å². The first-order valence-electron chi connectivity index (χ1n) is 7.09. The molecule has 2 saturated carbocycles. The Morgan fingerprint density at radius 2 is 1.75 bits per heavy atom. The molecule has 0 aliphatic heterocycles. The van der Waals surface area contributed by atoms with Crippen LogP contribution in [0.4, 0.5) is 5.69 Å². The van der Waals surface area contributed by atoms with Gasteiger partial charge >= 0.3 is 5.97 Å². The average Bonchev–Trinajstić information content (AvgIpc) is 2.99. The first-order valence-corrected chi connectivity index (χ1v) is 7.09. The summed E-state index contributed by atoms with van der Waals surface area (Å²) in [6.45, 7) is 0. The van der Waals surface area contributed by atoms with Crippen LogP contribution in [0.1, 0.15) is 42.5 Å². The van der Waals surface area contributed by atoms with Crippen molar-refractivity contribution < 1.29 is 14.5 Å². The highest BCUT2D eigenvalue weighted by atomic mass is 16.6. The number of nitro benzene ring substituents is 1. The van der Waals surface area contributed by atoms with Gasteiger partial charge in [0, 0.05) is 12.1 Å². The number of rotatable bonds is 3. The van der Waals surface area contributed by atoms with Gasteiger partial charge in [-0.2, -0.15) is 0 Å². The zero-order chi connectivity index (χ0) is 14.1. The molecule has 0 unspecified atom stereocenters. The van der Waals surface area contributed by atoms with E-state index in [4.69, 9.17) is 4.74 Å². The van der Waals surface area contributed by atoms with E-state index in [1.54, 1.807) is 0 Å². The van der Waals surface area contributed by atoms with E-state index in [0.29, 0.717) is 5.56 Å². The second-order valence-corrected chi connectivity index (χ2v) is 5.75.